The molecule has 4 nitrogen and oxygen atoms in total. The highest BCUT2D eigenvalue weighted by Crippen LogP contribution is 2.16. The standard InChI is InChI=1S/C24H25FN2O2S/c1-2-14-26(24(29)21-12-6-7-13-22(21)25)18-23(28)27(17-20-11-8-15-30-20)16-19-9-4-3-5-10-19/h3-13,15H,2,14,16-18H2,1H3. The second-order valence-corrected chi connectivity index (χ2v) is 8.05. The first kappa shape index (κ1) is 21.7. The minimum absolute atomic E-state index is 0.00776. The Hall–Kier alpha value is -2.99. The monoisotopic (exact) mass is 424 g/mol. The number of rotatable bonds is 9. The fourth-order valence-electron chi connectivity index (χ4n) is 3.22. The maximum atomic E-state index is 14.1. The number of carbonyl (C=O) groups excluding carboxylic acids is 2. The molecule has 0 atom stereocenters. The number of nitrogens with zero attached hydrogens (tertiary/aromatic N) is 2. The fraction of sp³-hybridized carbons (Fsp3) is 0.250. The second kappa shape index (κ2) is 10.7. The Labute approximate surface area is 180 Å². The number of benzene rings is 2. The molecule has 0 radical (unpaired) electrons. The molecule has 3 rings (SSSR count). The molecule has 1 heterocycles. The van der Waals surface area contributed by atoms with Crippen LogP contribution in [0.4, 0.5) is 4.39 Å². The highest BCUT2D eigenvalue weighted by Gasteiger charge is 2.24. The van der Waals surface area contributed by atoms with E-state index in [1.807, 2.05) is 54.8 Å². The van der Waals surface area contributed by atoms with Crippen LogP contribution in [0.1, 0.15) is 34.1 Å². The van der Waals surface area contributed by atoms with Gasteiger partial charge in [0.15, 0.2) is 0 Å². The summed E-state index contributed by atoms with van der Waals surface area (Å²) in [6, 6.07) is 19.6. The van der Waals surface area contributed by atoms with Gasteiger partial charge in [0.05, 0.1) is 12.1 Å². The molecule has 0 N–H and O–H groups in total. The van der Waals surface area contributed by atoms with Gasteiger partial charge in [-0.2, -0.15) is 0 Å². The number of hydrogen-bond acceptors (Lipinski definition) is 3. The Morgan fingerprint density at radius 3 is 2.30 bits per heavy atom. The third-order valence-electron chi connectivity index (χ3n) is 4.71. The Kier molecular flexibility index (Phi) is 7.74. The SMILES string of the molecule is CCCN(CC(=O)N(Cc1ccccc1)Cc1cccs1)C(=O)c1ccccc1F. The Bertz CT molecular complexity index is 960. The Morgan fingerprint density at radius 2 is 1.63 bits per heavy atom. The smallest absolute Gasteiger partial charge is 0.257 e. The topological polar surface area (TPSA) is 40.6 Å². The van der Waals surface area contributed by atoms with Crippen molar-refractivity contribution in [2.24, 2.45) is 0 Å². The molecule has 0 saturated heterocycles. The Balaban J connectivity index is 1.79. The zero-order chi connectivity index (χ0) is 21.3. The zero-order valence-corrected chi connectivity index (χ0v) is 17.8. The molecule has 0 spiro atoms. The van der Waals surface area contributed by atoms with E-state index in [0.29, 0.717) is 26.1 Å². The quantitative estimate of drug-likeness (QED) is 0.487. The average Bonchev–Trinajstić information content (AvgIpc) is 3.27. The van der Waals surface area contributed by atoms with E-state index in [2.05, 4.69) is 0 Å². The van der Waals surface area contributed by atoms with Crippen LogP contribution >= 0.6 is 11.3 Å². The van der Waals surface area contributed by atoms with Gasteiger partial charge in [0.1, 0.15) is 12.4 Å². The first-order valence-electron chi connectivity index (χ1n) is 9.96. The summed E-state index contributed by atoms with van der Waals surface area (Å²) < 4.78 is 14.1. The predicted molar refractivity (Wildman–Crippen MR) is 118 cm³/mol. The van der Waals surface area contributed by atoms with Crippen molar-refractivity contribution in [1.82, 2.24) is 9.80 Å². The van der Waals surface area contributed by atoms with E-state index < -0.39 is 11.7 Å². The lowest BCUT2D eigenvalue weighted by Crippen LogP contribution is -2.43. The third-order valence-corrected chi connectivity index (χ3v) is 5.57. The fourth-order valence-corrected chi connectivity index (χ4v) is 3.94. The average molecular weight is 425 g/mol. The lowest BCUT2D eigenvalue weighted by Gasteiger charge is -2.27. The molecule has 30 heavy (non-hydrogen) atoms. The van der Waals surface area contributed by atoms with Gasteiger partial charge in [0, 0.05) is 18.0 Å². The summed E-state index contributed by atoms with van der Waals surface area (Å²) in [6.07, 6.45) is 0.678. The minimum atomic E-state index is -0.573. The van der Waals surface area contributed by atoms with Crippen LogP contribution in [0, 0.1) is 5.82 Å². The lowest BCUT2D eigenvalue weighted by atomic mass is 10.1. The lowest BCUT2D eigenvalue weighted by molar-refractivity contribution is -0.133. The number of hydrogen-bond donors (Lipinski definition) is 0. The van der Waals surface area contributed by atoms with Crippen LogP contribution in [0.15, 0.2) is 72.1 Å². The molecule has 0 bridgehead atoms. The normalized spacial score (nSPS) is 10.6. The van der Waals surface area contributed by atoms with E-state index in [1.54, 1.807) is 28.4 Å². The number of halogens is 1. The molecular formula is C24H25FN2O2S. The van der Waals surface area contributed by atoms with Crippen molar-refractivity contribution >= 4 is 23.2 Å². The first-order chi connectivity index (χ1) is 14.6. The molecule has 0 aliphatic heterocycles. The maximum Gasteiger partial charge on any atom is 0.257 e. The van der Waals surface area contributed by atoms with Crippen molar-refractivity contribution in [1.29, 1.82) is 0 Å². The van der Waals surface area contributed by atoms with Gasteiger partial charge < -0.3 is 9.80 Å². The van der Waals surface area contributed by atoms with Crippen LogP contribution < -0.4 is 0 Å². The molecule has 0 aliphatic carbocycles. The molecule has 2 amide bonds. The van der Waals surface area contributed by atoms with E-state index >= 15 is 0 Å². The van der Waals surface area contributed by atoms with Gasteiger partial charge in [-0.3, -0.25) is 9.59 Å². The van der Waals surface area contributed by atoms with E-state index in [-0.39, 0.29) is 18.0 Å². The van der Waals surface area contributed by atoms with Crippen LogP contribution in [-0.4, -0.2) is 34.7 Å². The number of carbonyl (C=O) groups is 2. The van der Waals surface area contributed by atoms with Crippen LogP contribution in [0.2, 0.25) is 0 Å². The molecule has 1 aromatic heterocycles. The molecule has 0 aliphatic rings. The summed E-state index contributed by atoms with van der Waals surface area (Å²) in [6.45, 7) is 3.15. The van der Waals surface area contributed by atoms with Crippen molar-refractivity contribution in [3.63, 3.8) is 0 Å². The molecule has 0 fully saturated rings. The summed E-state index contributed by atoms with van der Waals surface area (Å²) in [5, 5.41) is 1.98. The van der Waals surface area contributed by atoms with Crippen molar-refractivity contribution in [2.45, 2.75) is 26.4 Å². The van der Waals surface area contributed by atoms with Gasteiger partial charge in [-0.05, 0) is 35.6 Å². The van der Waals surface area contributed by atoms with Gasteiger partial charge in [-0.1, -0.05) is 55.5 Å². The Morgan fingerprint density at radius 1 is 0.900 bits per heavy atom. The van der Waals surface area contributed by atoms with E-state index in [1.165, 1.54) is 17.0 Å². The molecule has 3 aromatic rings. The van der Waals surface area contributed by atoms with E-state index in [9.17, 15) is 14.0 Å². The maximum absolute atomic E-state index is 14.1. The minimum Gasteiger partial charge on any atom is -0.332 e. The van der Waals surface area contributed by atoms with Gasteiger partial charge in [0.2, 0.25) is 5.91 Å². The third kappa shape index (κ3) is 5.76. The predicted octanol–water partition coefficient (Wildman–Crippen LogP) is 4.97. The number of thiophene rings is 1. The molecule has 0 saturated carbocycles. The van der Waals surface area contributed by atoms with Crippen molar-refractivity contribution < 1.29 is 14.0 Å². The molecule has 0 unspecified atom stereocenters. The molecule has 6 heteroatoms. The zero-order valence-electron chi connectivity index (χ0n) is 17.0. The first-order valence-corrected chi connectivity index (χ1v) is 10.8. The summed E-state index contributed by atoms with van der Waals surface area (Å²) >= 11 is 1.59. The molecule has 2 aromatic carbocycles. The van der Waals surface area contributed by atoms with Crippen molar-refractivity contribution in [3.05, 3.63) is 93.9 Å². The molecule has 156 valence electrons. The van der Waals surface area contributed by atoms with E-state index in [0.717, 1.165) is 10.4 Å². The van der Waals surface area contributed by atoms with Gasteiger partial charge in [-0.25, -0.2) is 4.39 Å². The van der Waals surface area contributed by atoms with Gasteiger partial charge >= 0.3 is 0 Å². The van der Waals surface area contributed by atoms with Gasteiger partial charge in [-0.15, -0.1) is 11.3 Å². The van der Waals surface area contributed by atoms with Crippen LogP contribution in [0.5, 0.6) is 0 Å². The van der Waals surface area contributed by atoms with Crippen LogP contribution in [0.25, 0.3) is 0 Å². The molecular weight excluding hydrogens is 399 g/mol. The summed E-state index contributed by atoms with van der Waals surface area (Å²) in [7, 11) is 0. The summed E-state index contributed by atoms with van der Waals surface area (Å²) in [5.74, 6) is -1.19. The summed E-state index contributed by atoms with van der Waals surface area (Å²) in [5.41, 5.74) is 1.01. The highest BCUT2D eigenvalue weighted by molar-refractivity contribution is 7.09. The highest BCUT2D eigenvalue weighted by atomic mass is 32.1. The second-order valence-electron chi connectivity index (χ2n) is 7.02. The van der Waals surface area contributed by atoms with Crippen molar-refractivity contribution in [3.8, 4) is 0 Å². The van der Waals surface area contributed by atoms with E-state index in [4.69, 9.17) is 0 Å². The van der Waals surface area contributed by atoms with Crippen LogP contribution in [-0.2, 0) is 17.9 Å². The van der Waals surface area contributed by atoms with Gasteiger partial charge in [0.25, 0.3) is 5.91 Å². The van der Waals surface area contributed by atoms with Crippen molar-refractivity contribution in [2.75, 3.05) is 13.1 Å². The largest absolute Gasteiger partial charge is 0.332 e. The summed E-state index contributed by atoms with van der Waals surface area (Å²) in [4.78, 5) is 30.4. The number of amides is 2. The van der Waals surface area contributed by atoms with Crippen LogP contribution in [0.3, 0.4) is 0 Å².